The lowest BCUT2D eigenvalue weighted by Crippen LogP contribution is -2.41. The Hall–Kier alpha value is -6.74. The molecule has 2 aliphatic rings. The van der Waals surface area contributed by atoms with E-state index in [1.807, 2.05) is 92.6 Å². The summed E-state index contributed by atoms with van der Waals surface area (Å²) >= 11 is 2.16. The predicted molar refractivity (Wildman–Crippen MR) is 292 cm³/mol. The zero-order chi connectivity index (χ0) is 51.5. The average Bonchev–Trinajstić information content (AvgIpc) is 3.98. The van der Waals surface area contributed by atoms with Crippen molar-refractivity contribution in [2.24, 2.45) is 0 Å². The van der Waals surface area contributed by atoms with E-state index in [0.29, 0.717) is 34.6 Å². The monoisotopic (exact) mass is 1100 g/mol. The van der Waals surface area contributed by atoms with Crippen molar-refractivity contribution in [1.29, 1.82) is 0 Å². The zero-order valence-corrected chi connectivity index (χ0v) is 44.6. The molecule has 0 spiro atoms. The number of rotatable bonds is 10. The molecule has 1 fully saturated rings. The molecule has 0 unspecified atom stereocenters. The Kier molecular flexibility index (Phi) is 15.2. The third kappa shape index (κ3) is 11.6. The number of nitrogens with two attached hydrogens (primary N) is 2. The summed E-state index contributed by atoms with van der Waals surface area (Å²) in [6, 6.07) is 26.4. The molecule has 370 valence electrons. The van der Waals surface area contributed by atoms with Crippen molar-refractivity contribution in [2.75, 3.05) is 11.5 Å². The van der Waals surface area contributed by atoms with Crippen LogP contribution in [0.5, 0.6) is 11.8 Å². The van der Waals surface area contributed by atoms with Crippen LogP contribution in [0.25, 0.3) is 39.0 Å². The van der Waals surface area contributed by atoms with Gasteiger partial charge in [0, 0.05) is 38.7 Å². The fourth-order valence-electron chi connectivity index (χ4n) is 7.88. The fraction of sp³-hybridized carbons (Fsp3) is 0.259. The maximum atomic E-state index is 13.2. The molecular weight excluding hydrogens is 1040 g/mol. The second kappa shape index (κ2) is 21.2. The minimum Gasteiger partial charge on any atom is -0.474 e. The quantitative estimate of drug-likeness (QED) is 0.0966. The molecular formula is C54H57BIN9O6S. The van der Waals surface area contributed by atoms with Gasteiger partial charge in [0.05, 0.1) is 70.0 Å². The molecule has 1 saturated heterocycles. The Balaban J connectivity index is 0.000000151. The summed E-state index contributed by atoms with van der Waals surface area (Å²) in [6.45, 7) is 17.8. The number of nitrogens with zero attached hydrogens (tertiary/aromatic N) is 7. The van der Waals surface area contributed by atoms with Crippen LogP contribution in [-0.2, 0) is 25.8 Å². The Labute approximate surface area is 434 Å². The summed E-state index contributed by atoms with van der Waals surface area (Å²) in [5.41, 5.74) is 21.5. The van der Waals surface area contributed by atoms with Crippen LogP contribution in [0.3, 0.4) is 0 Å². The number of fused-ring (bicyclic) bond motifs is 2. The van der Waals surface area contributed by atoms with Gasteiger partial charge in [-0.1, -0.05) is 42.0 Å². The normalized spacial score (nSPS) is 14.6. The van der Waals surface area contributed by atoms with Gasteiger partial charge in [-0.3, -0.25) is 9.97 Å². The largest absolute Gasteiger partial charge is 0.495 e. The third-order valence-electron chi connectivity index (χ3n) is 12.2. The van der Waals surface area contributed by atoms with Crippen LogP contribution in [0.15, 0.2) is 139 Å². The van der Waals surface area contributed by atoms with Crippen LogP contribution in [0.2, 0.25) is 0 Å². The molecule has 0 atom stereocenters. The van der Waals surface area contributed by atoms with E-state index >= 15 is 0 Å². The summed E-state index contributed by atoms with van der Waals surface area (Å²) in [5.74, 6) is 2.00. The van der Waals surface area contributed by atoms with Crippen molar-refractivity contribution in [3.05, 3.63) is 160 Å². The smallest absolute Gasteiger partial charge is 0.474 e. The second-order valence-corrected chi connectivity index (χ2v) is 21.9. The first-order valence-corrected chi connectivity index (χ1v) is 25.9. The molecule has 0 bridgehead atoms. The van der Waals surface area contributed by atoms with Crippen LogP contribution in [0.1, 0.15) is 77.6 Å². The number of benzene rings is 3. The number of halogens is 1. The number of ether oxygens (including phenoxy) is 2. The lowest BCUT2D eigenvalue weighted by Gasteiger charge is -2.32. The maximum absolute atomic E-state index is 13.2. The first kappa shape index (κ1) is 51.6. The minimum absolute atomic E-state index is 0.000934. The van der Waals surface area contributed by atoms with E-state index in [0.717, 1.165) is 48.8 Å². The number of nitrogen functional groups attached to an aromatic ring is 2. The molecule has 1 aliphatic carbocycles. The van der Waals surface area contributed by atoms with Gasteiger partial charge < -0.3 is 30.2 Å². The number of aryl methyl sites for hydroxylation is 1. The molecule has 15 nitrogen and oxygen atoms in total. The van der Waals surface area contributed by atoms with Gasteiger partial charge >= 0.3 is 7.12 Å². The SMILES string of the molecule is CC(C)Oc1cncc(-c2ccc3c(c2)C(c2ccnc(N)c2)=CC3)n1.CC1(C)OB(c2ccnc(N)c2)OC1(C)C.Cc1ccc(S(=O)(=O)n2cc(I)c3cc(-c4cncc(OC(C)C)n4)ccc32)cc1. The highest BCUT2D eigenvalue weighted by molar-refractivity contribution is 14.1. The van der Waals surface area contributed by atoms with E-state index < -0.39 is 10.0 Å². The van der Waals surface area contributed by atoms with Crippen molar-refractivity contribution in [1.82, 2.24) is 33.9 Å². The fourth-order valence-corrected chi connectivity index (χ4v) is 10.2. The number of aromatic nitrogens is 7. The maximum Gasteiger partial charge on any atom is 0.495 e. The highest BCUT2D eigenvalue weighted by Crippen LogP contribution is 2.38. The summed E-state index contributed by atoms with van der Waals surface area (Å²) in [6.07, 6.45) is 14.9. The van der Waals surface area contributed by atoms with E-state index in [9.17, 15) is 8.42 Å². The van der Waals surface area contributed by atoms with Crippen LogP contribution < -0.4 is 26.4 Å². The van der Waals surface area contributed by atoms with Gasteiger partial charge in [0.25, 0.3) is 10.0 Å². The van der Waals surface area contributed by atoms with E-state index in [1.54, 1.807) is 79.8 Å². The molecule has 5 aromatic heterocycles. The van der Waals surface area contributed by atoms with Crippen molar-refractivity contribution < 1.29 is 27.2 Å². The molecule has 0 radical (unpaired) electrons. The van der Waals surface area contributed by atoms with Gasteiger partial charge in [-0.2, -0.15) is 0 Å². The highest BCUT2D eigenvalue weighted by Gasteiger charge is 2.51. The van der Waals surface area contributed by atoms with Gasteiger partial charge in [-0.05, 0) is 174 Å². The number of allylic oxidation sites excluding steroid dienone is 1. The number of pyridine rings is 2. The second-order valence-electron chi connectivity index (χ2n) is 18.9. The Morgan fingerprint density at radius 3 is 1.86 bits per heavy atom. The predicted octanol–water partition coefficient (Wildman–Crippen LogP) is 9.89. The van der Waals surface area contributed by atoms with Crippen molar-refractivity contribution in [2.45, 2.75) is 97.0 Å². The Bertz CT molecular complexity index is 3390. The molecule has 6 heterocycles. The minimum atomic E-state index is -3.70. The van der Waals surface area contributed by atoms with Gasteiger partial charge in [0.1, 0.15) is 11.6 Å². The summed E-state index contributed by atoms with van der Waals surface area (Å²) < 4.78 is 51.7. The first-order chi connectivity index (χ1) is 34.2. The molecule has 72 heavy (non-hydrogen) atoms. The molecule has 8 aromatic rings. The van der Waals surface area contributed by atoms with Crippen molar-refractivity contribution >= 4 is 73.3 Å². The lowest BCUT2D eigenvalue weighted by molar-refractivity contribution is 0.00578. The molecule has 10 rings (SSSR count). The number of hydrogen-bond donors (Lipinski definition) is 2. The lowest BCUT2D eigenvalue weighted by atomic mass is 9.80. The Morgan fingerprint density at radius 1 is 0.708 bits per heavy atom. The van der Waals surface area contributed by atoms with Crippen molar-refractivity contribution in [3.63, 3.8) is 0 Å². The van der Waals surface area contributed by atoms with E-state index in [1.165, 1.54) is 20.7 Å². The van der Waals surface area contributed by atoms with E-state index in [2.05, 4.69) is 76.8 Å². The van der Waals surface area contributed by atoms with E-state index in [4.69, 9.17) is 30.2 Å². The molecule has 0 amide bonds. The molecule has 1 aliphatic heterocycles. The first-order valence-electron chi connectivity index (χ1n) is 23.4. The van der Waals surface area contributed by atoms with Gasteiger partial charge in [-0.25, -0.2) is 32.3 Å². The third-order valence-corrected chi connectivity index (χ3v) is 14.7. The number of hydrogen-bond acceptors (Lipinski definition) is 14. The molecule has 3 aromatic carbocycles. The van der Waals surface area contributed by atoms with Gasteiger partial charge in [0.15, 0.2) is 0 Å². The van der Waals surface area contributed by atoms with Crippen molar-refractivity contribution in [3.8, 4) is 34.3 Å². The highest BCUT2D eigenvalue weighted by atomic mass is 127. The summed E-state index contributed by atoms with van der Waals surface area (Å²) in [4.78, 5) is 25.9. The molecule has 4 N–H and O–H groups in total. The van der Waals surface area contributed by atoms with Crippen LogP contribution in [-0.4, -0.2) is 72.8 Å². The molecule has 0 saturated carbocycles. The molecule has 18 heteroatoms. The van der Waals surface area contributed by atoms with Gasteiger partial charge in [-0.15, -0.1) is 0 Å². The van der Waals surface area contributed by atoms with Crippen LogP contribution >= 0.6 is 22.6 Å². The topological polar surface area (TPSA) is 205 Å². The van der Waals surface area contributed by atoms with Gasteiger partial charge in [0.2, 0.25) is 11.8 Å². The Morgan fingerprint density at radius 2 is 1.28 bits per heavy atom. The average molecular weight is 1100 g/mol. The summed E-state index contributed by atoms with van der Waals surface area (Å²) in [5, 5.41) is 0.834. The van der Waals surface area contributed by atoms with Crippen LogP contribution in [0.4, 0.5) is 11.6 Å². The van der Waals surface area contributed by atoms with Crippen LogP contribution in [0, 0.1) is 10.5 Å². The standard InChI is InChI=1S/C22H20IN3O3S.C21H20N4O.C11H17BN2O2/c1-14(2)29-22-12-24-11-20(25-22)16-6-9-21-18(10-16)19(23)13-26(21)30(27,28)17-7-4-15(3)5-8-17;1-13(2)26-21-12-23-11-19(25-21)16-4-3-14-5-6-17(18(14)9-16)15-7-8-24-20(22)10-15;1-10(2)11(3,4)16-12(15-10)8-5-6-14-9(13)7-8/h4-14H,1-3H3;3-4,6-13H,5H2,1-2H3,(H2,22,24);5-7H,1-4H3,(H2,13,14). The zero-order valence-electron chi connectivity index (χ0n) is 41.7. The number of anilines is 2. The van der Waals surface area contributed by atoms with E-state index in [-0.39, 0.29) is 35.4 Å². The summed E-state index contributed by atoms with van der Waals surface area (Å²) in [7, 11) is -4.06.